The van der Waals surface area contributed by atoms with Gasteiger partial charge in [0, 0.05) is 41.8 Å². The highest BCUT2D eigenvalue weighted by Crippen LogP contribution is 2.63. The van der Waals surface area contributed by atoms with Crippen LogP contribution in [0.2, 0.25) is 0 Å². The molecule has 4 heteroatoms. The van der Waals surface area contributed by atoms with Crippen molar-refractivity contribution < 1.29 is 4.57 Å². The minimum Gasteiger partial charge on any atom is -0.310 e. The van der Waals surface area contributed by atoms with Crippen LogP contribution in [0.1, 0.15) is 27.8 Å². The van der Waals surface area contributed by atoms with Crippen molar-refractivity contribution in [2.45, 2.75) is 12.3 Å². The smallest absolute Gasteiger partial charge is 0.171 e. The number of aryl methyl sites for hydroxylation is 1. The summed E-state index contributed by atoms with van der Waals surface area (Å²) in [6, 6.07) is 67.5. The summed E-state index contributed by atoms with van der Waals surface area (Å²) in [4.78, 5) is 2.43. The molecule has 0 radical (unpaired) electrons. The fraction of sp³-hybridized carbons (Fsp3) is 0.0400. The first-order valence-electron chi connectivity index (χ1n) is 18.4. The highest BCUT2D eigenvalue weighted by atomic mass is 32.1. The van der Waals surface area contributed by atoms with Crippen molar-refractivity contribution in [1.29, 1.82) is 0 Å². The highest BCUT2D eigenvalue weighted by molar-refractivity contribution is 7.85. The zero-order chi connectivity index (χ0) is 36.0. The number of thiophene rings is 1. The number of hydrogen-bond donors (Lipinski definition) is 0. The lowest BCUT2D eigenvalue weighted by Crippen LogP contribution is -2.49. The van der Waals surface area contributed by atoms with Crippen LogP contribution in [0.3, 0.4) is 0 Å². The topological polar surface area (TPSA) is 20.3 Å². The summed E-state index contributed by atoms with van der Waals surface area (Å²) < 4.78 is 18.9. The Morgan fingerprint density at radius 3 is 1.94 bits per heavy atom. The van der Waals surface area contributed by atoms with Gasteiger partial charge in [-0.05, 0) is 82.8 Å². The third kappa shape index (κ3) is 4.25. The Bertz CT molecular complexity index is 2990. The van der Waals surface area contributed by atoms with E-state index in [-0.39, 0.29) is 0 Å². The van der Waals surface area contributed by atoms with Gasteiger partial charge in [0.15, 0.2) is 7.14 Å². The van der Waals surface area contributed by atoms with E-state index in [9.17, 15) is 0 Å². The minimum absolute atomic E-state index is 0.769. The van der Waals surface area contributed by atoms with Gasteiger partial charge < -0.3 is 9.46 Å². The Morgan fingerprint density at radius 1 is 0.481 bits per heavy atom. The van der Waals surface area contributed by atoms with E-state index in [0.717, 1.165) is 54.4 Å². The molecule has 9 aromatic rings. The summed E-state index contributed by atoms with van der Waals surface area (Å²) in [5, 5.41) is 5.12. The predicted octanol–water partition coefficient (Wildman–Crippen LogP) is 12.1. The summed E-state index contributed by atoms with van der Waals surface area (Å²) in [5.74, 6) is 0. The van der Waals surface area contributed by atoms with Gasteiger partial charge >= 0.3 is 0 Å². The number of benzene rings is 8. The van der Waals surface area contributed by atoms with Crippen LogP contribution in [0.4, 0.5) is 17.1 Å². The van der Waals surface area contributed by atoms with E-state index in [1.165, 1.54) is 37.7 Å². The molecule has 2 aliphatic rings. The van der Waals surface area contributed by atoms with Crippen molar-refractivity contribution in [2.75, 3.05) is 4.90 Å². The van der Waals surface area contributed by atoms with E-state index in [2.05, 4.69) is 182 Å². The number of para-hydroxylation sites is 2. The molecular weight excluding hydrogens is 694 g/mol. The summed E-state index contributed by atoms with van der Waals surface area (Å²) in [7, 11) is -3.35. The molecule has 54 heavy (non-hydrogen) atoms. The van der Waals surface area contributed by atoms with Gasteiger partial charge in [0.25, 0.3) is 0 Å². The van der Waals surface area contributed by atoms with Crippen LogP contribution in [0.15, 0.2) is 188 Å². The highest BCUT2D eigenvalue weighted by Gasteiger charge is 2.55. The molecule has 1 aromatic heterocycles. The summed E-state index contributed by atoms with van der Waals surface area (Å²) >= 11 is 1.79. The lowest BCUT2D eigenvalue weighted by Gasteiger charge is -2.50. The number of rotatable bonds is 3. The van der Waals surface area contributed by atoms with Crippen molar-refractivity contribution in [2.24, 2.45) is 0 Å². The molecule has 0 saturated heterocycles. The quantitative estimate of drug-likeness (QED) is 0.169. The molecule has 8 aromatic carbocycles. The molecule has 3 heterocycles. The second-order valence-electron chi connectivity index (χ2n) is 14.5. The normalized spacial score (nSPS) is 18.3. The van der Waals surface area contributed by atoms with Crippen molar-refractivity contribution in [3.63, 3.8) is 0 Å². The standard InChI is InChI=1S/C50H34NOPS/c1-33-24-26-34(27-25-33)35-28-29-41-45(30-35)51(36-14-4-2-5-15-36)44-21-11-9-19-40(44)50(41)42-20-10-12-22-46(42)53(52,37-16-6-3-7-17-37)47-32-49-39(31-43(47)50)38-18-8-13-23-48(38)54-49/h2-32H,1H3. The van der Waals surface area contributed by atoms with Crippen molar-refractivity contribution in [3.8, 4) is 11.1 Å². The van der Waals surface area contributed by atoms with Gasteiger partial charge in [-0.2, -0.15) is 0 Å². The largest absolute Gasteiger partial charge is 0.310 e. The Morgan fingerprint density at radius 2 is 1.13 bits per heavy atom. The second kappa shape index (κ2) is 11.8. The maximum atomic E-state index is 16.5. The monoisotopic (exact) mass is 727 g/mol. The van der Waals surface area contributed by atoms with Gasteiger partial charge in [0.2, 0.25) is 0 Å². The molecule has 0 saturated carbocycles. The Hall–Kier alpha value is -5.99. The molecular formula is C50H34NOPS. The lowest BCUT2D eigenvalue weighted by atomic mass is 9.62. The van der Waals surface area contributed by atoms with Crippen LogP contribution in [0, 0.1) is 6.92 Å². The van der Waals surface area contributed by atoms with Crippen molar-refractivity contribution >= 4 is 71.6 Å². The lowest BCUT2D eigenvalue weighted by molar-refractivity contribution is 0.590. The first kappa shape index (κ1) is 31.5. The SMILES string of the molecule is Cc1ccc(-c2ccc3c(c2)N(c2ccccc2)c2ccccc2C32c3ccccc3P(=O)(c3ccccc3)c3cc4sc5ccccc5c4cc32)cc1. The van der Waals surface area contributed by atoms with Gasteiger partial charge in [-0.3, -0.25) is 0 Å². The zero-order valence-corrected chi connectivity index (χ0v) is 31.3. The zero-order valence-electron chi connectivity index (χ0n) is 29.6. The third-order valence-corrected chi connectivity index (χ3v) is 15.9. The van der Waals surface area contributed by atoms with Crippen LogP contribution < -0.4 is 20.8 Å². The average Bonchev–Trinajstić information content (AvgIpc) is 3.60. The van der Waals surface area contributed by atoms with Crippen LogP contribution >= 0.6 is 18.5 Å². The molecule has 0 bridgehead atoms. The van der Waals surface area contributed by atoms with Crippen molar-refractivity contribution in [1.82, 2.24) is 0 Å². The molecule has 2 unspecified atom stereocenters. The molecule has 256 valence electrons. The fourth-order valence-corrected chi connectivity index (χ4v) is 13.6. The third-order valence-electron chi connectivity index (χ3n) is 11.6. The van der Waals surface area contributed by atoms with E-state index in [4.69, 9.17) is 0 Å². The molecule has 2 nitrogen and oxygen atoms in total. The minimum atomic E-state index is -3.35. The Balaban J connectivity index is 1.34. The molecule has 2 aliphatic heterocycles. The molecule has 2 atom stereocenters. The molecule has 1 spiro atoms. The molecule has 0 amide bonds. The Kier molecular flexibility index (Phi) is 6.86. The van der Waals surface area contributed by atoms with E-state index >= 15 is 4.57 Å². The van der Waals surface area contributed by atoms with Crippen LogP contribution in [-0.4, -0.2) is 0 Å². The first-order valence-corrected chi connectivity index (χ1v) is 21.0. The van der Waals surface area contributed by atoms with E-state index in [0.29, 0.717) is 0 Å². The Labute approximate surface area is 319 Å². The number of fused-ring (bicyclic) bond motifs is 11. The molecule has 0 fully saturated rings. The summed E-state index contributed by atoms with van der Waals surface area (Å²) in [5.41, 5.74) is 10.6. The average molecular weight is 728 g/mol. The number of nitrogens with zero attached hydrogens (tertiary/aromatic N) is 1. The van der Waals surface area contributed by atoms with Crippen molar-refractivity contribution in [3.05, 3.63) is 216 Å². The fourth-order valence-electron chi connectivity index (χ4n) is 9.23. The number of hydrogen-bond acceptors (Lipinski definition) is 3. The van der Waals surface area contributed by atoms with E-state index in [1.807, 2.05) is 18.2 Å². The number of anilines is 3. The van der Waals surface area contributed by atoms with Gasteiger partial charge in [0.05, 0.1) is 16.8 Å². The molecule has 0 N–H and O–H groups in total. The van der Waals surface area contributed by atoms with Gasteiger partial charge in [-0.25, -0.2) is 0 Å². The van der Waals surface area contributed by atoms with Crippen LogP contribution in [0.5, 0.6) is 0 Å². The molecule has 11 rings (SSSR count). The van der Waals surface area contributed by atoms with Gasteiger partial charge in [0.1, 0.15) is 0 Å². The predicted molar refractivity (Wildman–Crippen MR) is 229 cm³/mol. The first-order chi connectivity index (χ1) is 26.6. The summed E-state index contributed by atoms with van der Waals surface area (Å²) in [6.45, 7) is 2.13. The van der Waals surface area contributed by atoms with E-state index < -0.39 is 12.6 Å². The maximum Gasteiger partial charge on any atom is 0.171 e. The van der Waals surface area contributed by atoms with Crippen LogP contribution in [-0.2, 0) is 9.98 Å². The second-order valence-corrected chi connectivity index (χ2v) is 18.2. The van der Waals surface area contributed by atoms with Gasteiger partial charge in [-0.1, -0.05) is 151 Å². The molecule has 0 aliphatic carbocycles. The van der Waals surface area contributed by atoms with E-state index in [1.54, 1.807) is 11.3 Å². The maximum absolute atomic E-state index is 16.5. The van der Waals surface area contributed by atoms with Gasteiger partial charge in [-0.15, -0.1) is 11.3 Å². The van der Waals surface area contributed by atoms with Crippen LogP contribution in [0.25, 0.3) is 31.3 Å². The summed E-state index contributed by atoms with van der Waals surface area (Å²) in [6.07, 6.45) is 0.